The van der Waals surface area contributed by atoms with Crippen LogP contribution in [0.2, 0.25) is 0 Å². The zero-order valence-corrected chi connectivity index (χ0v) is 13.8. The molecule has 1 amide bonds. The number of carbonyl (C=O) groups excluding carboxylic acids is 1. The van der Waals surface area contributed by atoms with Crippen molar-refractivity contribution in [2.75, 3.05) is 18.0 Å². The molecule has 2 heterocycles. The summed E-state index contributed by atoms with van der Waals surface area (Å²) < 4.78 is 38.7. The number of ether oxygens (including phenoxy) is 1. The minimum atomic E-state index is -2.80. The molecule has 1 aromatic carbocycles. The second-order valence-electron chi connectivity index (χ2n) is 4.20. The summed E-state index contributed by atoms with van der Waals surface area (Å²) in [5.74, 6) is -0.986. The van der Waals surface area contributed by atoms with Gasteiger partial charge in [0.15, 0.2) is 11.6 Å². The van der Waals surface area contributed by atoms with E-state index in [1.54, 1.807) is 0 Å². The SMILES string of the molecule is [2H]C1([2H])Oc2cnn(C)c2N(C(=O)c2cc(Br)c(O)c(Br)c2)C1([2H])[2H]. The molecule has 0 aliphatic carbocycles. The Bertz CT molecular complexity index is 864. The molecule has 0 radical (unpaired) electrons. The summed E-state index contributed by atoms with van der Waals surface area (Å²) >= 11 is 6.24. The van der Waals surface area contributed by atoms with Gasteiger partial charge in [0.25, 0.3) is 5.91 Å². The van der Waals surface area contributed by atoms with Crippen molar-refractivity contribution in [3.63, 3.8) is 0 Å². The van der Waals surface area contributed by atoms with Crippen molar-refractivity contribution in [3.05, 3.63) is 32.8 Å². The molecule has 1 aromatic heterocycles. The molecule has 0 atom stereocenters. The number of carbonyl (C=O) groups is 1. The number of amides is 1. The summed E-state index contributed by atoms with van der Waals surface area (Å²) in [6.45, 7) is -5.59. The minimum Gasteiger partial charge on any atom is -0.506 e. The van der Waals surface area contributed by atoms with Gasteiger partial charge in [0.05, 0.1) is 27.1 Å². The molecular weight excluding hydrogens is 406 g/mol. The Labute approximate surface area is 143 Å². The van der Waals surface area contributed by atoms with Crippen LogP contribution < -0.4 is 9.64 Å². The van der Waals surface area contributed by atoms with Gasteiger partial charge >= 0.3 is 0 Å². The Hall–Kier alpha value is -1.54. The van der Waals surface area contributed by atoms with E-state index in [-0.39, 0.29) is 31.8 Å². The largest absolute Gasteiger partial charge is 0.506 e. The number of halogens is 2. The van der Waals surface area contributed by atoms with Crippen molar-refractivity contribution in [1.29, 1.82) is 0 Å². The average Bonchev–Trinajstić information content (AvgIpc) is 2.84. The van der Waals surface area contributed by atoms with Crippen LogP contribution in [0.5, 0.6) is 11.5 Å². The number of aryl methyl sites for hydroxylation is 1. The molecule has 1 aliphatic rings. The van der Waals surface area contributed by atoms with Crippen LogP contribution in [0.1, 0.15) is 15.8 Å². The van der Waals surface area contributed by atoms with E-state index in [1.165, 1.54) is 30.1 Å². The Morgan fingerprint density at radius 1 is 1.48 bits per heavy atom. The molecule has 1 N–H and O–H groups in total. The van der Waals surface area contributed by atoms with Crippen molar-refractivity contribution < 1.29 is 20.1 Å². The van der Waals surface area contributed by atoms with Gasteiger partial charge < -0.3 is 9.84 Å². The normalized spacial score (nSPS) is 21.4. The molecule has 0 unspecified atom stereocenters. The minimum absolute atomic E-state index is 0.00885. The molecular formula is C13H11Br2N3O3. The molecule has 3 rings (SSSR count). The van der Waals surface area contributed by atoms with Gasteiger partial charge in [0.1, 0.15) is 12.3 Å². The fourth-order valence-corrected chi connectivity index (χ4v) is 3.07. The first-order valence-corrected chi connectivity index (χ1v) is 7.29. The van der Waals surface area contributed by atoms with Crippen LogP contribution >= 0.6 is 31.9 Å². The van der Waals surface area contributed by atoms with E-state index in [1.807, 2.05) is 0 Å². The van der Waals surface area contributed by atoms with Gasteiger partial charge in [-0.05, 0) is 44.0 Å². The molecule has 1 aliphatic heterocycles. The van der Waals surface area contributed by atoms with Gasteiger partial charge in [-0.15, -0.1) is 0 Å². The van der Waals surface area contributed by atoms with Gasteiger partial charge in [-0.1, -0.05) is 0 Å². The maximum atomic E-state index is 13.0. The van der Waals surface area contributed by atoms with E-state index < -0.39 is 19.0 Å². The summed E-state index contributed by atoms with van der Waals surface area (Å²) in [6, 6.07) is 2.64. The lowest BCUT2D eigenvalue weighted by Crippen LogP contribution is -2.39. The number of aromatic nitrogens is 2. The summed E-state index contributed by atoms with van der Waals surface area (Å²) in [7, 11) is 1.49. The number of hydrogen-bond donors (Lipinski definition) is 1. The molecule has 110 valence electrons. The molecule has 21 heavy (non-hydrogen) atoms. The number of aromatic hydroxyl groups is 1. The second-order valence-corrected chi connectivity index (χ2v) is 5.91. The molecule has 0 saturated heterocycles. The Kier molecular flexibility index (Phi) is 2.60. The molecule has 0 bridgehead atoms. The predicted octanol–water partition coefficient (Wildman–Crippen LogP) is 2.69. The van der Waals surface area contributed by atoms with E-state index in [4.69, 9.17) is 10.2 Å². The number of fused-ring (bicyclic) bond motifs is 1. The van der Waals surface area contributed by atoms with Crippen LogP contribution in [0.25, 0.3) is 0 Å². The maximum absolute atomic E-state index is 13.0. The topological polar surface area (TPSA) is 67.6 Å². The smallest absolute Gasteiger partial charge is 0.259 e. The summed E-state index contributed by atoms with van der Waals surface area (Å²) in [6.07, 6.45) is 1.21. The van der Waals surface area contributed by atoms with Crippen molar-refractivity contribution in [2.24, 2.45) is 7.05 Å². The average molecular weight is 421 g/mol. The van der Waals surface area contributed by atoms with E-state index >= 15 is 0 Å². The number of phenolic OH excluding ortho intramolecular Hbond substituents is 1. The Morgan fingerprint density at radius 3 is 2.81 bits per heavy atom. The molecule has 2 aromatic rings. The second kappa shape index (κ2) is 5.34. The first-order valence-electron chi connectivity index (χ1n) is 7.71. The van der Waals surface area contributed by atoms with Crippen LogP contribution in [-0.4, -0.2) is 33.9 Å². The first-order chi connectivity index (χ1) is 11.5. The number of hydrogen-bond acceptors (Lipinski definition) is 4. The van der Waals surface area contributed by atoms with E-state index in [2.05, 4.69) is 37.0 Å². The quantitative estimate of drug-likeness (QED) is 0.770. The van der Waals surface area contributed by atoms with Crippen molar-refractivity contribution in [1.82, 2.24) is 9.78 Å². The molecule has 0 fully saturated rings. The highest BCUT2D eigenvalue weighted by Gasteiger charge is 2.28. The summed E-state index contributed by atoms with van der Waals surface area (Å²) in [5, 5.41) is 13.7. The monoisotopic (exact) mass is 419 g/mol. The Morgan fingerprint density at radius 2 is 2.14 bits per heavy atom. The molecule has 8 heteroatoms. The third-order valence-electron chi connectivity index (χ3n) is 2.87. The third-order valence-corrected chi connectivity index (χ3v) is 4.08. The predicted molar refractivity (Wildman–Crippen MR) is 83.9 cm³/mol. The van der Waals surface area contributed by atoms with Crippen molar-refractivity contribution in [2.45, 2.75) is 0 Å². The van der Waals surface area contributed by atoms with Crippen molar-refractivity contribution >= 4 is 43.6 Å². The highest BCUT2D eigenvalue weighted by atomic mass is 79.9. The van der Waals surface area contributed by atoms with E-state index in [0.29, 0.717) is 4.90 Å². The van der Waals surface area contributed by atoms with Gasteiger partial charge in [-0.2, -0.15) is 5.10 Å². The lowest BCUT2D eigenvalue weighted by Gasteiger charge is -2.27. The number of benzene rings is 1. The molecule has 0 spiro atoms. The number of nitrogens with zero attached hydrogens (tertiary/aromatic N) is 3. The fraction of sp³-hybridized carbons (Fsp3) is 0.231. The number of anilines is 1. The summed E-state index contributed by atoms with van der Waals surface area (Å²) in [5.41, 5.74) is 0.0327. The van der Waals surface area contributed by atoms with Crippen LogP contribution in [0.15, 0.2) is 27.3 Å². The molecule has 0 saturated carbocycles. The Balaban J connectivity index is 2.20. The first kappa shape index (κ1) is 10.2. The van der Waals surface area contributed by atoms with Crippen LogP contribution in [0, 0.1) is 0 Å². The lowest BCUT2D eigenvalue weighted by molar-refractivity contribution is 0.0974. The highest BCUT2D eigenvalue weighted by Crippen LogP contribution is 2.36. The van der Waals surface area contributed by atoms with Crippen molar-refractivity contribution in [3.8, 4) is 11.5 Å². The van der Waals surface area contributed by atoms with Gasteiger partial charge in [-0.25, -0.2) is 4.68 Å². The number of rotatable bonds is 1. The maximum Gasteiger partial charge on any atom is 0.259 e. The standard InChI is InChI=1S/C13H11Br2N3O3/c1-17-12-10(6-16-17)21-3-2-18(12)13(20)7-4-8(14)11(19)9(15)5-7/h4-6,19H,2-3H2,1H3/i2D2,3D2. The zero-order chi connectivity index (χ0) is 18.7. The van der Waals surface area contributed by atoms with Crippen LogP contribution in [0.3, 0.4) is 0 Å². The van der Waals surface area contributed by atoms with E-state index in [9.17, 15) is 9.90 Å². The van der Waals surface area contributed by atoms with Gasteiger partial charge in [0, 0.05) is 12.6 Å². The van der Waals surface area contributed by atoms with E-state index in [0.717, 1.165) is 0 Å². The van der Waals surface area contributed by atoms with Gasteiger partial charge in [-0.3, -0.25) is 9.69 Å². The zero-order valence-electron chi connectivity index (χ0n) is 14.6. The molecule has 6 nitrogen and oxygen atoms in total. The third kappa shape index (κ3) is 2.42. The fourth-order valence-electron chi connectivity index (χ4n) is 1.88. The lowest BCUT2D eigenvalue weighted by atomic mass is 10.2. The van der Waals surface area contributed by atoms with Crippen LogP contribution in [0.4, 0.5) is 5.82 Å². The van der Waals surface area contributed by atoms with Crippen LogP contribution in [-0.2, 0) is 7.05 Å². The number of phenols is 1. The summed E-state index contributed by atoms with van der Waals surface area (Å²) in [4.78, 5) is 13.7. The highest BCUT2D eigenvalue weighted by molar-refractivity contribution is 9.11. The van der Waals surface area contributed by atoms with Gasteiger partial charge in [0.2, 0.25) is 0 Å².